The maximum atomic E-state index is 12.1. The molecule has 0 saturated heterocycles. The number of aromatic nitrogens is 3. The summed E-state index contributed by atoms with van der Waals surface area (Å²) in [7, 11) is 9.41. The molecule has 0 unspecified atom stereocenters. The molecule has 2 heterocycles. The maximum Gasteiger partial charge on any atom is 0.253 e. The highest BCUT2D eigenvalue weighted by molar-refractivity contribution is 5.82. The number of benzene rings is 1. The van der Waals surface area contributed by atoms with Crippen LogP contribution in [0.25, 0.3) is 11.0 Å². The SMILES string of the molecule is C#Cc1cc(=O)n(C)c2nc(Nc3ccc(N(C)CCN(C)C)cc3OC)ncc12. The van der Waals surface area contributed by atoms with Crippen molar-refractivity contribution >= 4 is 28.4 Å². The molecular formula is C22H26N6O2. The highest BCUT2D eigenvalue weighted by Crippen LogP contribution is 2.31. The minimum absolute atomic E-state index is 0.220. The topological polar surface area (TPSA) is 75.5 Å². The third-order valence-corrected chi connectivity index (χ3v) is 4.89. The van der Waals surface area contributed by atoms with E-state index in [4.69, 9.17) is 11.2 Å². The average Bonchev–Trinajstić information content (AvgIpc) is 2.74. The molecule has 0 saturated carbocycles. The van der Waals surface area contributed by atoms with Crippen molar-refractivity contribution in [2.45, 2.75) is 0 Å². The first-order valence-corrected chi connectivity index (χ1v) is 9.48. The maximum absolute atomic E-state index is 12.1. The second-order valence-electron chi connectivity index (χ2n) is 7.26. The van der Waals surface area contributed by atoms with E-state index in [1.54, 1.807) is 20.4 Å². The lowest BCUT2D eigenvalue weighted by molar-refractivity contribution is 0.413. The van der Waals surface area contributed by atoms with Crippen molar-refractivity contribution in [2.24, 2.45) is 7.05 Å². The van der Waals surface area contributed by atoms with Crippen LogP contribution in [0.3, 0.4) is 0 Å². The molecule has 30 heavy (non-hydrogen) atoms. The Morgan fingerprint density at radius 1 is 1.23 bits per heavy atom. The fraction of sp³-hybridized carbons (Fsp3) is 0.318. The van der Waals surface area contributed by atoms with Crippen LogP contribution in [0.1, 0.15) is 5.56 Å². The number of likely N-dealkylation sites (N-methyl/N-ethyl adjacent to an activating group) is 2. The van der Waals surface area contributed by atoms with Crippen molar-refractivity contribution in [3.05, 3.63) is 46.4 Å². The smallest absolute Gasteiger partial charge is 0.253 e. The van der Waals surface area contributed by atoms with Gasteiger partial charge in [-0.15, -0.1) is 6.42 Å². The summed E-state index contributed by atoms with van der Waals surface area (Å²) in [6.07, 6.45) is 7.14. The molecule has 1 aromatic carbocycles. The van der Waals surface area contributed by atoms with E-state index in [9.17, 15) is 4.79 Å². The summed E-state index contributed by atoms with van der Waals surface area (Å²) in [6, 6.07) is 7.30. The van der Waals surface area contributed by atoms with E-state index in [1.807, 2.05) is 39.3 Å². The van der Waals surface area contributed by atoms with Gasteiger partial charge in [0.25, 0.3) is 5.56 Å². The summed E-state index contributed by atoms with van der Waals surface area (Å²) in [6.45, 7) is 1.84. The summed E-state index contributed by atoms with van der Waals surface area (Å²) in [4.78, 5) is 25.3. The van der Waals surface area contributed by atoms with Crippen LogP contribution in [-0.4, -0.2) is 60.8 Å². The molecule has 0 atom stereocenters. The Balaban J connectivity index is 1.92. The number of anilines is 3. The monoisotopic (exact) mass is 406 g/mol. The fourth-order valence-electron chi connectivity index (χ4n) is 3.02. The number of rotatable bonds is 7. The quantitative estimate of drug-likeness (QED) is 0.602. The molecule has 8 nitrogen and oxygen atoms in total. The number of nitrogens with one attached hydrogen (secondary N) is 1. The number of nitrogens with zero attached hydrogens (tertiary/aromatic N) is 5. The number of hydrogen-bond donors (Lipinski definition) is 1. The Labute approximate surface area is 176 Å². The number of ether oxygens (including phenoxy) is 1. The van der Waals surface area contributed by atoms with Gasteiger partial charge in [-0.25, -0.2) is 4.98 Å². The van der Waals surface area contributed by atoms with Gasteiger partial charge in [0.05, 0.1) is 18.2 Å². The molecule has 3 rings (SSSR count). The van der Waals surface area contributed by atoms with Gasteiger partial charge in [0, 0.05) is 56.8 Å². The van der Waals surface area contributed by atoms with Crippen LogP contribution in [0, 0.1) is 12.3 Å². The second-order valence-corrected chi connectivity index (χ2v) is 7.26. The summed E-state index contributed by atoms with van der Waals surface area (Å²) in [5, 5.41) is 3.82. The normalized spacial score (nSPS) is 10.8. The third-order valence-electron chi connectivity index (χ3n) is 4.89. The van der Waals surface area contributed by atoms with E-state index in [-0.39, 0.29) is 5.56 Å². The lowest BCUT2D eigenvalue weighted by Crippen LogP contribution is -2.28. The minimum Gasteiger partial charge on any atom is -0.494 e. The van der Waals surface area contributed by atoms with E-state index >= 15 is 0 Å². The van der Waals surface area contributed by atoms with Gasteiger partial charge in [-0.1, -0.05) is 5.92 Å². The molecule has 0 radical (unpaired) electrons. The Kier molecular flexibility index (Phi) is 6.23. The molecule has 0 aliphatic rings. The van der Waals surface area contributed by atoms with Crippen LogP contribution in [-0.2, 0) is 7.05 Å². The van der Waals surface area contributed by atoms with Crippen molar-refractivity contribution in [2.75, 3.05) is 51.6 Å². The number of pyridine rings is 1. The summed E-state index contributed by atoms with van der Waals surface area (Å²) >= 11 is 0. The Hall–Kier alpha value is -3.57. The van der Waals surface area contributed by atoms with E-state index in [1.165, 1.54) is 10.6 Å². The first-order valence-electron chi connectivity index (χ1n) is 9.48. The van der Waals surface area contributed by atoms with Gasteiger partial charge in [0.2, 0.25) is 5.95 Å². The number of fused-ring (bicyclic) bond motifs is 1. The second kappa shape index (κ2) is 8.84. The van der Waals surface area contributed by atoms with Crippen molar-refractivity contribution in [1.82, 2.24) is 19.4 Å². The number of aryl methyl sites for hydroxylation is 1. The van der Waals surface area contributed by atoms with Crippen LogP contribution >= 0.6 is 0 Å². The summed E-state index contributed by atoms with van der Waals surface area (Å²) < 4.78 is 7.01. The highest BCUT2D eigenvalue weighted by atomic mass is 16.5. The molecule has 0 fully saturated rings. The predicted octanol–water partition coefficient (Wildman–Crippen LogP) is 2.06. The first kappa shape index (κ1) is 21.1. The van der Waals surface area contributed by atoms with Gasteiger partial charge < -0.3 is 19.9 Å². The molecule has 0 aliphatic heterocycles. The number of methoxy groups -OCH3 is 1. The summed E-state index contributed by atoms with van der Waals surface area (Å²) in [5.41, 5.74) is 2.48. The van der Waals surface area contributed by atoms with Gasteiger partial charge in [0.15, 0.2) is 0 Å². The van der Waals surface area contributed by atoms with Crippen molar-refractivity contribution in [3.63, 3.8) is 0 Å². The van der Waals surface area contributed by atoms with Gasteiger partial charge in [0.1, 0.15) is 11.4 Å². The van der Waals surface area contributed by atoms with E-state index in [0.717, 1.165) is 24.5 Å². The highest BCUT2D eigenvalue weighted by Gasteiger charge is 2.12. The Morgan fingerprint density at radius 2 is 2.00 bits per heavy atom. The van der Waals surface area contributed by atoms with E-state index in [2.05, 4.69) is 31.0 Å². The molecule has 8 heteroatoms. The van der Waals surface area contributed by atoms with E-state index < -0.39 is 0 Å². The van der Waals surface area contributed by atoms with Gasteiger partial charge >= 0.3 is 0 Å². The van der Waals surface area contributed by atoms with Crippen LogP contribution in [0.5, 0.6) is 5.75 Å². The third kappa shape index (κ3) is 4.36. The summed E-state index contributed by atoms with van der Waals surface area (Å²) in [5.74, 6) is 3.53. The Morgan fingerprint density at radius 3 is 2.67 bits per heavy atom. The number of hydrogen-bond acceptors (Lipinski definition) is 7. The van der Waals surface area contributed by atoms with Gasteiger partial charge in [-0.3, -0.25) is 9.36 Å². The predicted molar refractivity (Wildman–Crippen MR) is 121 cm³/mol. The lowest BCUT2D eigenvalue weighted by atomic mass is 10.2. The molecule has 1 N–H and O–H groups in total. The van der Waals surface area contributed by atoms with Gasteiger partial charge in [-0.05, 0) is 26.2 Å². The molecule has 156 valence electrons. The molecule has 3 aromatic rings. The number of terminal acetylenes is 1. The zero-order valence-corrected chi connectivity index (χ0v) is 17.9. The molecule has 0 spiro atoms. The first-order chi connectivity index (χ1) is 14.3. The van der Waals surface area contributed by atoms with Gasteiger partial charge in [-0.2, -0.15) is 4.98 Å². The van der Waals surface area contributed by atoms with Crippen LogP contribution in [0.15, 0.2) is 35.3 Å². The molecule has 0 bridgehead atoms. The average molecular weight is 406 g/mol. The van der Waals surface area contributed by atoms with E-state index in [0.29, 0.717) is 28.3 Å². The van der Waals surface area contributed by atoms with Crippen LogP contribution in [0.2, 0.25) is 0 Å². The van der Waals surface area contributed by atoms with Crippen molar-refractivity contribution in [3.8, 4) is 18.1 Å². The van der Waals surface area contributed by atoms with Crippen molar-refractivity contribution < 1.29 is 4.74 Å². The minimum atomic E-state index is -0.220. The van der Waals surface area contributed by atoms with Crippen LogP contribution < -0.4 is 20.5 Å². The molecule has 2 aromatic heterocycles. The zero-order valence-electron chi connectivity index (χ0n) is 17.9. The zero-order chi connectivity index (χ0) is 21.8. The molecular weight excluding hydrogens is 380 g/mol. The largest absolute Gasteiger partial charge is 0.494 e. The van der Waals surface area contributed by atoms with Crippen molar-refractivity contribution in [1.29, 1.82) is 0 Å². The lowest BCUT2D eigenvalue weighted by Gasteiger charge is -2.22. The van der Waals surface area contributed by atoms with Crippen LogP contribution in [0.4, 0.5) is 17.3 Å². The standard InChI is InChI=1S/C22H26N6O2/c1-7-15-12-20(29)28(5)21-17(15)14-23-22(25-21)24-18-9-8-16(13-19(18)30-6)27(4)11-10-26(2)3/h1,8-9,12-14H,10-11H2,2-6H3,(H,23,24,25). The fourth-order valence-corrected chi connectivity index (χ4v) is 3.02. The molecule has 0 aliphatic carbocycles. The molecule has 0 amide bonds. The Bertz CT molecular complexity index is 1160.